The molecule has 0 bridgehead atoms. The molecule has 0 aliphatic carbocycles. The number of nitrogen functional groups attached to an aromatic ring is 1. The van der Waals surface area contributed by atoms with Crippen LogP contribution in [0.4, 0.5) is 11.5 Å². The van der Waals surface area contributed by atoms with Gasteiger partial charge in [-0.3, -0.25) is 9.59 Å². The highest BCUT2D eigenvalue weighted by atomic mass is 32.1. The molecule has 1 aliphatic heterocycles. The van der Waals surface area contributed by atoms with Crippen LogP contribution in [0.3, 0.4) is 0 Å². The summed E-state index contributed by atoms with van der Waals surface area (Å²) in [4.78, 5) is 36.4. The Morgan fingerprint density at radius 3 is 2.84 bits per heavy atom. The van der Waals surface area contributed by atoms with Gasteiger partial charge in [0.25, 0.3) is 0 Å². The molecule has 8 heteroatoms. The lowest BCUT2D eigenvalue weighted by Crippen LogP contribution is -2.46. The second-order valence-electron chi connectivity index (χ2n) is 8.22. The quantitative estimate of drug-likeness (QED) is 0.601. The number of carbonyl (C=O) groups excluding carboxylic acids is 2. The number of nitrogens with zero attached hydrogens (tertiary/aromatic N) is 3. The van der Waals surface area contributed by atoms with Crippen LogP contribution in [0.1, 0.15) is 48.9 Å². The number of nitrogens with one attached hydrogen (secondary N) is 1. The Morgan fingerprint density at radius 2 is 2.10 bits per heavy atom. The monoisotopic (exact) mass is 437 g/mol. The molecular weight excluding hydrogens is 410 g/mol. The molecular formula is C23H27N5O2S. The zero-order valence-corrected chi connectivity index (χ0v) is 18.8. The molecule has 0 radical (unpaired) electrons. The summed E-state index contributed by atoms with van der Waals surface area (Å²) < 4.78 is 1.15. The van der Waals surface area contributed by atoms with Crippen LogP contribution in [0.2, 0.25) is 0 Å². The van der Waals surface area contributed by atoms with Crippen LogP contribution < -0.4 is 11.1 Å². The summed E-state index contributed by atoms with van der Waals surface area (Å²) >= 11 is 1.70. The molecule has 2 amide bonds. The summed E-state index contributed by atoms with van der Waals surface area (Å²) in [7, 11) is 0. The van der Waals surface area contributed by atoms with E-state index in [2.05, 4.69) is 42.3 Å². The molecule has 2 atom stereocenters. The number of pyridine rings is 1. The molecule has 31 heavy (non-hydrogen) atoms. The van der Waals surface area contributed by atoms with Crippen LogP contribution in [0, 0.1) is 12.8 Å². The Bertz CT molecular complexity index is 1140. The average Bonchev–Trinajstić information content (AvgIpc) is 3.18. The summed E-state index contributed by atoms with van der Waals surface area (Å²) in [6.07, 6.45) is 4.19. The van der Waals surface area contributed by atoms with Crippen LogP contribution in [0.15, 0.2) is 30.5 Å². The third kappa shape index (κ3) is 4.39. The van der Waals surface area contributed by atoms with Gasteiger partial charge < -0.3 is 16.0 Å². The standard InChI is InChI=1S/C23H27N5O2S/c1-4-20-27-17-10-15(6-8-19(17)31-20)18-7-5-13(2)12-28(18)23(30)22(29)26-16-9-14(3)21(24)25-11-16/h6,8-11,13,18H,4-5,7,12H2,1-3H3,(H2,24,25)(H,26,29)/t13-,18+/m1/s1. The molecule has 3 heterocycles. The summed E-state index contributed by atoms with van der Waals surface area (Å²) in [5, 5.41) is 3.78. The number of piperidine rings is 1. The fourth-order valence-electron chi connectivity index (χ4n) is 4.04. The summed E-state index contributed by atoms with van der Waals surface area (Å²) in [5.41, 5.74) is 8.93. The highest BCUT2D eigenvalue weighted by Gasteiger charge is 2.34. The first-order valence-corrected chi connectivity index (χ1v) is 11.4. The van der Waals surface area contributed by atoms with Crippen molar-refractivity contribution < 1.29 is 9.59 Å². The highest BCUT2D eigenvalue weighted by Crippen LogP contribution is 2.35. The van der Waals surface area contributed by atoms with Gasteiger partial charge in [0, 0.05) is 6.54 Å². The van der Waals surface area contributed by atoms with Crippen molar-refractivity contribution in [3.05, 3.63) is 46.6 Å². The normalized spacial score (nSPS) is 18.9. The smallest absolute Gasteiger partial charge is 0.313 e. The van der Waals surface area contributed by atoms with Crippen molar-refractivity contribution in [1.29, 1.82) is 0 Å². The maximum absolute atomic E-state index is 13.2. The molecule has 3 N–H and O–H groups in total. The van der Waals surface area contributed by atoms with Crippen LogP contribution in [-0.2, 0) is 16.0 Å². The van der Waals surface area contributed by atoms with Gasteiger partial charge in [-0.1, -0.05) is 19.9 Å². The van der Waals surface area contributed by atoms with Gasteiger partial charge in [0.05, 0.1) is 33.2 Å². The number of likely N-dealkylation sites (tertiary alicyclic amines) is 1. The van der Waals surface area contributed by atoms with Crippen LogP contribution in [-0.4, -0.2) is 33.2 Å². The fourth-order valence-corrected chi connectivity index (χ4v) is 4.93. The fraction of sp³-hybridized carbons (Fsp3) is 0.391. The van der Waals surface area contributed by atoms with E-state index >= 15 is 0 Å². The maximum Gasteiger partial charge on any atom is 0.313 e. The van der Waals surface area contributed by atoms with E-state index in [1.807, 2.05) is 0 Å². The van der Waals surface area contributed by atoms with E-state index in [1.54, 1.807) is 29.2 Å². The molecule has 1 aromatic carbocycles. The number of aromatic nitrogens is 2. The molecule has 1 saturated heterocycles. The number of fused-ring (bicyclic) bond motifs is 1. The third-order valence-electron chi connectivity index (χ3n) is 5.79. The first kappa shape index (κ1) is 21.2. The highest BCUT2D eigenvalue weighted by molar-refractivity contribution is 7.18. The van der Waals surface area contributed by atoms with E-state index in [0.717, 1.165) is 45.6 Å². The molecule has 4 rings (SSSR count). The first-order valence-electron chi connectivity index (χ1n) is 10.6. The molecule has 1 fully saturated rings. The number of aryl methyl sites for hydroxylation is 2. The largest absolute Gasteiger partial charge is 0.383 e. The lowest BCUT2D eigenvalue weighted by Gasteiger charge is -2.38. The number of rotatable bonds is 3. The SMILES string of the molecule is CCc1nc2cc([C@@H]3CC[C@@H](C)CN3C(=O)C(=O)Nc3cnc(N)c(C)c3)ccc2s1. The lowest BCUT2D eigenvalue weighted by molar-refractivity contribution is -0.146. The van der Waals surface area contributed by atoms with E-state index in [0.29, 0.717) is 24.0 Å². The number of benzene rings is 1. The Labute approximate surface area is 185 Å². The maximum atomic E-state index is 13.2. The average molecular weight is 438 g/mol. The van der Waals surface area contributed by atoms with E-state index in [-0.39, 0.29) is 6.04 Å². The summed E-state index contributed by atoms with van der Waals surface area (Å²) in [5.74, 6) is -0.451. The van der Waals surface area contributed by atoms with E-state index in [4.69, 9.17) is 10.7 Å². The van der Waals surface area contributed by atoms with Crippen molar-refractivity contribution in [2.75, 3.05) is 17.6 Å². The Balaban J connectivity index is 1.58. The molecule has 162 valence electrons. The zero-order valence-electron chi connectivity index (χ0n) is 18.0. The molecule has 0 spiro atoms. The first-order chi connectivity index (χ1) is 14.9. The number of carbonyl (C=O) groups is 2. The minimum Gasteiger partial charge on any atom is -0.383 e. The third-order valence-corrected chi connectivity index (χ3v) is 6.97. The van der Waals surface area contributed by atoms with Crippen molar-refractivity contribution >= 4 is 44.9 Å². The predicted molar refractivity (Wildman–Crippen MR) is 124 cm³/mol. The molecule has 2 aromatic heterocycles. The number of anilines is 2. The topological polar surface area (TPSA) is 101 Å². The van der Waals surface area contributed by atoms with Crippen molar-refractivity contribution in [2.24, 2.45) is 5.92 Å². The summed E-state index contributed by atoms with van der Waals surface area (Å²) in [6.45, 7) is 6.56. The molecule has 3 aromatic rings. The predicted octanol–water partition coefficient (Wildman–Crippen LogP) is 4.08. The molecule has 1 aliphatic rings. The number of thiazole rings is 1. The van der Waals surface area contributed by atoms with Crippen LogP contribution in [0.25, 0.3) is 10.2 Å². The van der Waals surface area contributed by atoms with Gasteiger partial charge in [-0.15, -0.1) is 11.3 Å². The molecule has 0 saturated carbocycles. The Morgan fingerprint density at radius 1 is 1.29 bits per heavy atom. The van der Waals surface area contributed by atoms with Gasteiger partial charge >= 0.3 is 11.8 Å². The Hall–Kier alpha value is -3.00. The molecule has 7 nitrogen and oxygen atoms in total. The van der Waals surface area contributed by atoms with Gasteiger partial charge in [-0.25, -0.2) is 9.97 Å². The van der Waals surface area contributed by atoms with Gasteiger partial charge in [-0.05, 0) is 61.4 Å². The zero-order chi connectivity index (χ0) is 22.1. The summed E-state index contributed by atoms with van der Waals surface area (Å²) in [6, 6.07) is 7.77. The van der Waals surface area contributed by atoms with Gasteiger partial charge in [-0.2, -0.15) is 0 Å². The van der Waals surface area contributed by atoms with Crippen molar-refractivity contribution in [2.45, 2.75) is 46.1 Å². The second kappa shape index (κ2) is 8.63. The Kier molecular flexibility index (Phi) is 5.91. The van der Waals surface area contributed by atoms with Gasteiger partial charge in [0.15, 0.2) is 0 Å². The van der Waals surface area contributed by atoms with Crippen molar-refractivity contribution in [3.63, 3.8) is 0 Å². The number of hydrogen-bond donors (Lipinski definition) is 2. The van der Waals surface area contributed by atoms with Crippen molar-refractivity contribution in [1.82, 2.24) is 14.9 Å². The minimum absolute atomic E-state index is 0.142. The van der Waals surface area contributed by atoms with Crippen LogP contribution >= 0.6 is 11.3 Å². The molecule has 0 unspecified atom stereocenters. The van der Waals surface area contributed by atoms with Gasteiger partial charge in [0.2, 0.25) is 0 Å². The van der Waals surface area contributed by atoms with Crippen LogP contribution in [0.5, 0.6) is 0 Å². The van der Waals surface area contributed by atoms with E-state index in [1.165, 1.54) is 6.20 Å². The second-order valence-corrected chi connectivity index (χ2v) is 9.34. The number of nitrogens with two attached hydrogens (primary N) is 1. The minimum atomic E-state index is -0.659. The van der Waals surface area contributed by atoms with E-state index in [9.17, 15) is 9.59 Å². The van der Waals surface area contributed by atoms with Gasteiger partial charge in [0.1, 0.15) is 5.82 Å². The lowest BCUT2D eigenvalue weighted by atomic mass is 9.89. The van der Waals surface area contributed by atoms with Crippen molar-refractivity contribution in [3.8, 4) is 0 Å². The van der Waals surface area contributed by atoms with E-state index < -0.39 is 11.8 Å². The number of amides is 2. The number of hydrogen-bond acceptors (Lipinski definition) is 6.